The molecular weight excluding hydrogens is 200 g/mol. The molecular formula is C12H22N4. The summed E-state index contributed by atoms with van der Waals surface area (Å²) in [6, 6.07) is 1.93. The first-order valence-electron chi connectivity index (χ1n) is 5.78. The van der Waals surface area contributed by atoms with Crippen molar-refractivity contribution in [2.24, 2.45) is 0 Å². The van der Waals surface area contributed by atoms with Crippen LogP contribution in [0.15, 0.2) is 6.07 Å². The van der Waals surface area contributed by atoms with Crippen molar-refractivity contribution >= 4 is 11.6 Å². The van der Waals surface area contributed by atoms with E-state index >= 15 is 0 Å². The normalized spacial score (nSPS) is 11.3. The van der Waals surface area contributed by atoms with Crippen molar-refractivity contribution in [1.82, 2.24) is 9.97 Å². The SMILES string of the molecule is CCCC(C)(C)Nc1cc(NC)nc(C)n1. The Kier molecular flexibility index (Phi) is 4.10. The van der Waals surface area contributed by atoms with Crippen molar-refractivity contribution in [2.45, 2.75) is 46.1 Å². The Bertz CT molecular complexity index is 347. The molecule has 0 unspecified atom stereocenters. The van der Waals surface area contributed by atoms with E-state index in [0.29, 0.717) is 0 Å². The van der Waals surface area contributed by atoms with Gasteiger partial charge in [-0.05, 0) is 27.2 Å². The lowest BCUT2D eigenvalue weighted by Gasteiger charge is -2.26. The number of nitrogens with zero attached hydrogens (tertiary/aromatic N) is 2. The Morgan fingerprint density at radius 3 is 2.44 bits per heavy atom. The van der Waals surface area contributed by atoms with E-state index in [9.17, 15) is 0 Å². The summed E-state index contributed by atoms with van der Waals surface area (Å²) in [6.45, 7) is 8.46. The molecule has 1 heterocycles. The molecule has 0 fully saturated rings. The molecule has 4 heteroatoms. The lowest BCUT2D eigenvalue weighted by Crippen LogP contribution is -2.31. The van der Waals surface area contributed by atoms with Crippen LogP contribution in [0.4, 0.5) is 11.6 Å². The molecule has 0 aliphatic rings. The molecule has 0 aliphatic heterocycles. The Hall–Kier alpha value is -1.32. The number of hydrogen-bond donors (Lipinski definition) is 2. The maximum absolute atomic E-state index is 4.39. The van der Waals surface area contributed by atoms with Crippen molar-refractivity contribution in [1.29, 1.82) is 0 Å². The van der Waals surface area contributed by atoms with Gasteiger partial charge in [-0.25, -0.2) is 9.97 Å². The third kappa shape index (κ3) is 3.68. The monoisotopic (exact) mass is 222 g/mol. The van der Waals surface area contributed by atoms with E-state index in [1.807, 2.05) is 20.0 Å². The van der Waals surface area contributed by atoms with Crippen LogP contribution in [0.5, 0.6) is 0 Å². The molecule has 0 amide bonds. The molecule has 1 rings (SSSR count). The van der Waals surface area contributed by atoms with Gasteiger partial charge in [0.05, 0.1) is 0 Å². The summed E-state index contributed by atoms with van der Waals surface area (Å²) < 4.78 is 0. The summed E-state index contributed by atoms with van der Waals surface area (Å²) >= 11 is 0. The number of rotatable bonds is 5. The van der Waals surface area contributed by atoms with Crippen molar-refractivity contribution in [3.05, 3.63) is 11.9 Å². The average Bonchev–Trinajstić information content (AvgIpc) is 2.15. The number of aromatic nitrogens is 2. The van der Waals surface area contributed by atoms with E-state index in [-0.39, 0.29) is 5.54 Å². The maximum atomic E-state index is 4.39. The number of nitrogens with one attached hydrogen (secondary N) is 2. The summed E-state index contributed by atoms with van der Waals surface area (Å²) in [5.41, 5.74) is 0.0700. The highest BCUT2D eigenvalue weighted by atomic mass is 15.1. The smallest absolute Gasteiger partial charge is 0.132 e. The standard InChI is InChI=1S/C12H22N4/c1-6-7-12(3,4)16-11-8-10(13-5)14-9(2)15-11/h8H,6-7H2,1-5H3,(H2,13,14,15,16). The van der Waals surface area contributed by atoms with E-state index in [2.05, 4.69) is 41.4 Å². The molecule has 4 nitrogen and oxygen atoms in total. The molecule has 0 atom stereocenters. The van der Waals surface area contributed by atoms with E-state index in [1.54, 1.807) is 0 Å². The van der Waals surface area contributed by atoms with Gasteiger partial charge in [-0.2, -0.15) is 0 Å². The van der Waals surface area contributed by atoms with E-state index in [1.165, 1.54) is 0 Å². The van der Waals surface area contributed by atoms with Crippen LogP contribution < -0.4 is 10.6 Å². The van der Waals surface area contributed by atoms with Gasteiger partial charge in [0, 0.05) is 18.7 Å². The minimum Gasteiger partial charge on any atom is -0.373 e. The van der Waals surface area contributed by atoms with Gasteiger partial charge in [0.15, 0.2) is 0 Å². The van der Waals surface area contributed by atoms with Crippen LogP contribution in [0.1, 0.15) is 39.4 Å². The molecule has 16 heavy (non-hydrogen) atoms. The third-order valence-electron chi connectivity index (χ3n) is 2.44. The zero-order valence-electron chi connectivity index (χ0n) is 10.9. The van der Waals surface area contributed by atoms with Gasteiger partial charge in [-0.15, -0.1) is 0 Å². The number of aryl methyl sites for hydroxylation is 1. The van der Waals surface area contributed by atoms with Crippen molar-refractivity contribution in [3.63, 3.8) is 0 Å². The van der Waals surface area contributed by atoms with Crippen molar-refractivity contribution in [2.75, 3.05) is 17.7 Å². The van der Waals surface area contributed by atoms with Crippen LogP contribution in [-0.2, 0) is 0 Å². The second kappa shape index (κ2) is 5.14. The molecule has 0 aliphatic carbocycles. The second-order valence-corrected chi connectivity index (χ2v) is 4.69. The summed E-state index contributed by atoms with van der Waals surface area (Å²) in [5.74, 6) is 2.51. The van der Waals surface area contributed by atoms with Gasteiger partial charge in [-0.1, -0.05) is 13.3 Å². The summed E-state index contributed by atoms with van der Waals surface area (Å²) in [5, 5.41) is 6.48. The largest absolute Gasteiger partial charge is 0.373 e. The Balaban J connectivity index is 2.84. The summed E-state index contributed by atoms with van der Waals surface area (Å²) in [7, 11) is 1.86. The van der Waals surface area contributed by atoms with Gasteiger partial charge < -0.3 is 10.6 Å². The first-order valence-corrected chi connectivity index (χ1v) is 5.78. The van der Waals surface area contributed by atoms with Gasteiger partial charge in [0.25, 0.3) is 0 Å². The molecule has 0 spiro atoms. The van der Waals surface area contributed by atoms with Crippen LogP contribution in [0.25, 0.3) is 0 Å². The van der Waals surface area contributed by atoms with Gasteiger partial charge >= 0.3 is 0 Å². The van der Waals surface area contributed by atoms with Gasteiger partial charge in [-0.3, -0.25) is 0 Å². The van der Waals surface area contributed by atoms with Gasteiger partial charge in [0.1, 0.15) is 17.5 Å². The summed E-state index contributed by atoms with van der Waals surface area (Å²) in [6.07, 6.45) is 2.27. The van der Waals surface area contributed by atoms with Crippen LogP contribution in [-0.4, -0.2) is 22.6 Å². The number of hydrogen-bond acceptors (Lipinski definition) is 4. The lowest BCUT2D eigenvalue weighted by molar-refractivity contribution is 0.509. The number of anilines is 2. The van der Waals surface area contributed by atoms with Gasteiger partial charge in [0.2, 0.25) is 0 Å². The molecule has 0 radical (unpaired) electrons. The molecule has 2 N–H and O–H groups in total. The quantitative estimate of drug-likeness (QED) is 0.804. The molecule has 0 bridgehead atoms. The van der Waals surface area contributed by atoms with Crippen LogP contribution in [0, 0.1) is 6.92 Å². The minimum atomic E-state index is 0.0700. The molecule has 0 saturated heterocycles. The average molecular weight is 222 g/mol. The first-order chi connectivity index (χ1) is 7.46. The predicted molar refractivity (Wildman–Crippen MR) is 68.9 cm³/mol. The van der Waals surface area contributed by atoms with E-state index < -0.39 is 0 Å². The zero-order chi connectivity index (χ0) is 12.2. The molecule has 90 valence electrons. The lowest BCUT2D eigenvalue weighted by atomic mass is 9.99. The zero-order valence-corrected chi connectivity index (χ0v) is 10.9. The Morgan fingerprint density at radius 2 is 1.88 bits per heavy atom. The fourth-order valence-corrected chi connectivity index (χ4v) is 1.79. The Morgan fingerprint density at radius 1 is 1.25 bits per heavy atom. The molecule has 1 aromatic heterocycles. The van der Waals surface area contributed by atoms with E-state index in [4.69, 9.17) is 0 Å². The first kappa shape index (κ1) is 12.7. The fraction of sp³-hybridized carbons (Fsp3) is 0.667. The third-order valence-corrected chi connectivity index (χ3v) is 2.44. The molecule has 1 aromatic rings. The molecule has 0 aromatic carbocycles. The minimum absolute atomic E-state index is 0.0700. The van der Waals surface area contributed by atoms with Crippen LogP contribution in [0.3, 0.4) is 0 Å². The highest BCUT2D eigenvalue weighted by Gasteiger charge is 2.16. The highest BCUT2D eigenvalue weighted by molar-refractivity contribution is 5.48. The maximum Gasteiger partial charge on any atom is 0.132 e. The van der Waals surface area contributed by atoms with Crippen LogP contribution in [0.2, 0.25) is 0 Å². The van der Waals surface area contributed by atoms with Crippen molar-refractivity contribution in [3.8, 4) is 0 Å². The topological polar surface area (TPSA) is 49.8 Å². The van der Waals surface area contributed by atoms with Crippen LogP contribution >= 0.6 is 0 Å². The second-order valence-electron chi connectivity index (χ2n) is 4.69. The predicted octanol–water partition coefficient (Wildman–Crippen LogP) is 2.82. The Labute approximate surface area is 97.9 Å². The highest BCUT2D eigenvalue weighted by Crippen LogP contribution is 2.19. The fourth-order valence-electron chi connectivity index (χ4n) is 1.79. The summed E-state index contributed by atoms with van der Waals surface area (Å²) in [4.78, 5) is 8.65. The van der Waals surface area contributed by atoms with E-state index in [0.717, 1.165) is 30.3 Å². The molecule has 0 saturated carbocycles. The van der Waals surface area contributed by atoms with Crippen molar-refractivity contribution < 1.29 is 0 Å².